The van der Waals surface area contributed by atoms with Crippen LogP contribution in [0.4, 0.5) is 5.69 Å². The number of anilines is 1. The van der Waals surface area contributed by atoms with Gasteiger partial charge < -0.3 is 10.3 Å². The summed E-state index contributed by atoms with van der Waals surface area (Å²) in [5, 5.41) is 13.2. The van der Waals surface area contributed by atoms with Crippen LogP contribution in [-0.4, -0.2) is 9.97 Å². The third-order valence-corrected chi connectivity index (χ3v) is 3.56. The van der Waals surface area contributed by atoms with E-state index in [1.165, 1.54) is 0 Å². The molecule has 0 fully saturated rings. The minimum absolute atomic E-state index is 0.436. The fraction of sp³-hybridized carbons (Fsp3) is 0.0588. The zero-order valence-corrected chi connectivity index (χ0v) is 12.6. The van der Waals surface area contributed by atoms with Crippen molar-refractivity contribution in [3.8, 4) is 6.07 Å². The Morgan fingerprint density at radius 1 is 1.32 bits per heavy atom. The smallest absolute Gasteiger partial charge is 0.150 e. The zero-order valence-electron chi connectivity index (χ0n) is 11.9. The molecule has 0 aliphatic rings. The van der Waals surface area contributed by atoms with Gasteiger partial charge in [-0.15, -0.1) is 0 Å². The largest absolute Gasteiger partial charge is 0.360 e. The lowest BCUT2D eigenvalue weighted by atomic mass is 10.2. The maximum absolute atomic E-state index is 9.36. The van der Waals surface area contributed by atoms with Gasteiger partial charge in [-0.3, -0.25) is 0 Å². The van der Waals surface area contributed by atoms with Crippen molar-refractivity contribution >= 4 is 33.9 Å². The molecule has 0 radical (unpaired) electrons. The van der Waals surface area contributed by atoms with Crippen molar-refractivity contribution in [2.45, 2.75) is 6.92 Å². The molecule has 0 amide bonds. The summed E-state index contributed by atoms with van der Waals surface area (Å²) < 4.78 is 0. The minimum Gasteiger partial charge on any atom is -0.360 e. The molecule has 0 aliphatic carbocycles. The van der Waals surface area contributed by atoms with E-state index >= 15 is 0 Å². The minimum atomic E-state index is 0.436. The van der Waals surface area contributed by atoms with E-state index in [0.717, 1.165) is 22.3 Å². The van der Waals surface area contributed by atoms with Gasteiger partial charge >= 0.3 is 0 Å². The molecule has 22 heavy (non-hydrogen) atoms. The summed E-state index contributed by atoms with van der Waals surface area (Å²) in [5.41, 5.74) is 4.08. The van der Waals surface area contributed by atoms with Crippen LogP contribution >= 0.6 is 11.6 Å². The normalized spacial score (nSPS) is 11.4. The van der Waals surface area contributed by atoms with Crippen LogP contribution in [0.15, 0.2) is 48.7 Å². The number of rotatable bonds is 3. The first-order valence-corrected chi connectivity index (χ1v) is 7.13. The van der Waals surface area contributed by atoms with Gasteiger partial charge in [-0.05, 0) is 42.8 Å². The molecule has 0 saturated heterocycles. The molecule has 4 nitrogen and oxygen atoms in total. The van der Waals surface area contributed by atoms with Gasteiger partial charge in [0.25, 0.3) is 0 Å². The van der Waals surface area contributed by atoms with Gasteiger partial charge in [0.2, 0.25) is 0 Å². The highest BCUT2D eigenvalue weighted by Gasteiger charge is 2.07. The Balaban J connectivity index is 1.91. The van der Waals surface area contributed by atoms with E-state index in [2.05, 4.69) is 21.4 Å². The highest BCUT2D eigenvalue weighted by molar-refractivity contribution is 6.30. The van der Waals surface area contributed by atoms with Gasteiger partial charge in [0.15, 0.2) is 5.82 Å². The molecule has 2 aromatic carbocycles. The van der Waals surface area contributed by atoms with E-state index in [4.69, 9.17) is 11.6 Å². The standard InChI is InChI=1S/C17H13ClN4/c1-11-8-13(18)6-7-14(11)20-10-12(9-19)17-21-15-4-2-3-5-16(15)22-17/h2-8,10,20H,1H3,(H,21,22). The Morgan fingerprint density at radius 3 is 2.86 bits per heavy atom. The number of para-hydroxylation sites is 2. The maximum Gasteiger partial charge on any atom is 0.150 e. The van der Waals surface area contributed by atoms with Crippen LogP contribution < -0.4 is 5.32 Å². The van der Waals surface area contributed by atoms with Gasteiger partial charge in [-0.2, -0.15) is 5.26 Å². The quantitative estimate of drug-likeness (QED) is 0.700. The van der Waals surface area contributed by atoms with Crippen LogP contribution in [0.5, 0.6) is 0 Å². The molecule has 0 aliphatic heterocycles. The van der Waals surface area contributed by atoms with Gasteiger partial charge in [-0.25, -0.2) is 4.98 Å². The summed E-state index contributed by atoms with van der Waals surface area (Å²) in [7, 11) is 0. The van der Waals surface area contributed by atoms with E-state index in [-0.39, 0.29) is 0 Å². The lowest BCUT2D eigenvalue weighted by Crippen LogP contribution is -1.94. The number of aromatic amines is 1. The summed E-state index contributed by atoms with van der Waals surface area (Å²) in [6.07, 6.45) is 1.65. The van der Waals surface area contributed by atoms with E-state index in [1.807, 2.05) is 43.3 Å². The molecule has 0 bridgehead atoms. The molecule has 0 atom stereocenters. The van der Waals surface area contributed by atoms with Crippen LogP contribution in [0.2, 0.25) is 5.02 Å². The molecular weight excluding hydrogens is 296 g/mol. The van der Waals surface area contributed by atoms with Crippen LogP contribution in [-0.2, 0) is 0 Å². The van der Waals surface area contributed by atoms with Gasteiger partial charge in [0, 0.05) is 16.9 Å². The number of aryl methyl sites for hydroxylation is 1. The molecule has 0 saturated carbocycles. The average molecular weight is 309 g/mol. The van der Waals surface area contributed by atoms with Gasteiger partial charge in [0.1, 0.15) is 11.6 Å². The molecule has 3 rings (SSSR count). The number of hydrogen-bond acceptors (Lipinski definition) is 3. The average Bonchev–Trinajstić information content (AvgIpc) is 2.93. The number of hydrogen-bond donors (Lipinski definition) is 2. The highest BCUT2D eigenvalue weighted by atomic mass is 35.5. The Hall–Kier alpha value is -2.77. The van der Waals surface area contributed by atoms with Gasteiger partial charge in [-0.1, -0.05) is 23.7 Å². The second-order valence-corrected chi connectivity index (χ2v) is 5.31. The highest BCUT2D eigenvalue weighted by Crippen LogP contribution is 2.21. The monoisotopic (exact) mass is 308 g/mol. The van der Waals surface area contributed by atoms with Crippen molar-refractivity contribution < 1.29 is 0 Å². The molecule has 1 aromatic heterocycles. The Labute approximate surface area is 133 Å². The summed E-state index contributed by atoms with van der Waals surface area (Å²) in [6.45, 7) is 1.95. The van der Waals surface area contributed by atoms with Gasteiger partial charge in [0.05, 0.1) is 11.0 Å². The van der Waals surface area contributed by atoms with Crippen LogP contribution in [0, 0.1) is 18.3 Å². The first-order chi connectivity index (χ1) is 10.7. The number of nitrogens with zero attached hydrogens (tertiary/aromatic N) is 2. The van der Waals surface area contributed by atoms with E-state index in [0.29, 0.717) is 16.4 Å². The number of nitrogens with one attached hydrogen (secondary N) is 2. The van der Waals surface area contributed by atoms with E-state index in [9.17, 15) is 5.26 Å². The first kappa shape index (κ1) is 14.2. The number of H-pyrrole nitrogens is 1. The fourth-order valence-electron chi connectivity index (χ4n) is 2.17. The molecule has 3 aromatic rings. The molecule has 1 heterocycles. The second kappa shape index (κ2) is 5.92. The zero-order chi connectivity index (χ0) is 15.5. The van der Waals surface area contributed by atoms with Crippen molar-refractivity contribution in [1.29, 1.82) is 5.26 Å². The Kier molecular flexibility index (Phi) is 3.82. The first-order valence-electron chi connectivity index (χ1n) is 6.75. The topological polar surface area (TPSA) is 64.5 Å². The van der Waals surface area contributed by atoms with Crippen LogP contribution in [0.25, 0.3) is 16.6 Å². The van der Waals surface area contributed by atoms with Crippen molar-refractivity contribution in [2.24, 2.45) is 0 Å². The third-order valence-electron chi connectivity index (χ3n) is 3.33. The maximum atomic E-state index is 9.36. The number of fused-ring (bicyclic) bond motifs is 1. The predicted molar refractivity (Wildman–Crippen MR) is 89.5 cm³/mol. The lowest BCUT2D eigenvalue weighted by molar-refractivity contribution is 1.27. The summed E-state index contributed by atoms with van der Waals surface area (Å²) in [4.78, 5) is 7.57. The molecule has 0 unspecified atom stereocenters. The van der Waals surface area contributed by atoms with E-state index in [1.54, 1.807) is 12.3 Å². The van der Waals surface area contributed by atoms with Crippen molar-refractivity contribution in [2.75, 3.05) is 5.32 Å². The number of imidazole rings is 1. The number of benzene rings is 2. The SMILES string of the molecule is Cc1cc(Cl)ccc1NC=C(C#N)c1nc2ccccc2[nH]1. The summed E-state index contributed by atoms with van der Waals surface area (Å²) >= 11 is 5.94. The Bertz CT molecular complexity index is 869. The summed E-state index contributed by atoms with van der Waals surface area (Å²) in [5.74, 6) is 0.544. The lowest BCUT2D eigenvalue weighted by Gasteiger charge is -2.06. The summed E-state index contributed by atoms with van der Waals surface area (Å²) in [6, 6.07) is 15.4. The molecule has 0 spiro atoms. The van der Waals surface area contributed by atoms with Crippen LogP contribution in [0.3, 0.4) is 0 Å². The molecular formula is C17H13ClN4. The van der Waals surface area contributed by atoms with Crippen LogP contribution in [0.1, 0.15) is 11.4 Å². The molecule has 108 valence electrons. The number of halogens is 1. The molecule has 5 heteroatoms. The van der Waals surface area contributed by atoms with Crippen molar-refractivity contribution in [3.63, 3.8) is 0 Å². The van der Waals surface area contributed by atoms with Crippen molar-refractivity contribution in [3.05, 3.63) is 65.1 Å². The Morgan fingerprint density at radius 2 is 2.14 bits per heavy atom. The van der Waals surface area contributed by atoms with E-state index < -0.39 is 0 Å². The molecule has 2 N–H and O–H groups in total. The second-order valence-electron chi connectivity index (χ2n) is 4.88. The van der Waals surface area contributed by atoms with Crippen molar-refractivity contribution in [1.82, 2.24) is 9.97 Å². The fourth-order valence-corrected chi connectivity index (χ4v) is 2.40. The third kappa shape index (κ3) is 2.80. The number of aromatic nitrogens is 2. The number of allylic oxidation sites excluding steroid dienone is 1. The predicted octanol–water partition coefficient (Wildman–Crippen LogP) is 4.50. The number of nitriles is 1.